The van der Waals surface area contributed by atoms with Gasteiger partial charge in [-0.25, -0.2) is 14.8 Å². The fourth-order valence-corrected chi connectivity index (χ4v) is 2.63. The lowest BCUT2D eigenvalue weighted by Gasteiger charge is -2.14. The first-order chi connectivity index (χ1) is 12.5. The van der Waals surface area contributed by atoms with Crippen LogP contribution in [0.2, 0.25) is 0 Å². The third-order valence-electron chi connectivity index (χ3n) is 3.90. The van der Waals surface area contributed by atoms with Gasteiger partial charge in [0, 0.05) is 28.5 Å². The molecule has 1 aromatic carbocycles. The lowest BCUT2D eigenvalue weighted by molar-refractivity contribution is 0.0527. The summed E-state index contributed by atoms with van der Waals surface area (Å²) >= 11 is 0. The molecule has 7 heteroatoms. The zero-order valence-corrected chi connectivity index (χ0v) is 16.1. The molecular formula is C20H20ClN3O3. The van der Waals surface area contributed by atoms with E-state index in [2.05, 4.69) is 15.3 Å². The Morgan fingerprint density at radius 2 is 1.96 bits per heavy atom. The van der Waals surface area contributed by atoms with Gasteiger partial charge in [0.15, 0.2) is 11.4 Å². The zero-order valence-electron chi connectivity index (χ0n) is 15.3. The van der Waals surface area contributed by atoms with Crippen LogP contribution in [0.5, 0.6) is 0 Å². The Balaban J connectivity index is 0.00000261. The highest BCUT2D eigenvalue weighted by Crippen LogP contribution is 2.29. The monoisotopic (exact) mass is 385 g/mol. The number of ether oxygens (including phenoxy) is 1. The van der Waals surface area contributed by atoms with Crippen LogP contribution < -0.4 is 5.32 Å². The number of benzene rings is 1. The Bertz CT molecular complexity index is 1000. The SMILES string of the molecule is CCOC(=O)c1cnc2nc(C)ccc2c1Nc1cccc(C(C)=O)c1.Cl. The molecule has 3 rings (SSSR count). The minimum atomic E-state index is -0.465. The molecule has 2 heterocycles. The molecule has 0 saturated heterocycles. The number of esters is 1. The summed E-state index contributed by atoms with van der Waals surface area (Å²) in [5.41, 5.74) is 3.51. The Labute approximate surface area is 163 Å². The minimum absolute atomic E-state index is 0. The molecule has 0 saturated carbocycles. The van der Waals surface area contributed by atoms with Crippen molar-refractivity contribution in [3.8, 4) is 0 Å². The number of nitrogens with zero attached hydrogens (tertiary/aromatic N) is 2. The van der Waals surface area contributed by atoms with Crippen molar-refractivity contribution >= 4 is 46.6 Å². The van der Waals surface area contributed by atoms with E-state index in [4.69, 9.17) is 4.74 Å². The number of fused-ring (bicyclic) bond motifs is 1. The van der Waals surface area contributed by atoms with Gasteiger partial charge in [-0.2, -0.15) is 0 Å². The van der Waals surface area contributed by atoms with Gasteiger partial charge < -0.3 is 10.1 Å². The first-order valence-electron chi connectivity index (χ1n) is 8.31. The number of hydrogen-bond donors (Lipinski definition) is 1. The smallest absolute Gasteiger partial charge is 0.341 e. The van der Waals surface area contributed by atoms with Gasteiger partial charge in [-0.1, -0.05) is 12.1 Å². The van der Waals surface area contributed by atoms with Gasteiger partial charge in [0.05, 0.1) is 12.3 Å². The second kappa shape index (κ2) is 8.60. The highest BCUT2D eigenvalue weighted by atomic mass is 35.5. The molecule has 0 aliphatic carbocycles. The second-order valence-electron chi connectivity index (χ2n) is 5.85. The molecule has 6 nitrogen and oxygen atoms in total. The highest BCUT2D eigenvalue weighted by Gasteiger charge is 2.18. The van der Waals surface area contributed by atoms with Crippen molar-refractivity contribution in [2.24, 2.45) is 0 Å². The third-order valence-corrected chi connectivity index (χ3v) is 3.90. The Morgan fingerprint density at radius 3 is 2.67 bits per heavy atom. The van der Waals surface area contributed by atoms with Crippen molar-refractivity contribution in [2.75, 3.05) is 11.9 Å². The molecule has 0 amide bonds. The average Bonchev–Trinajstić information content (AvgIpc) is 2.62. The summed E-state index contributed by atoms with van der Waals surface area (Å²) in [6.07, 6.45) is 1.46. The number of carbonyl (C=O) groups excluding carboxylic acids is 2. The highest BCUT2D eigenvalue weighted by molar-refractivity contribution is 6.05. The van der Waals surface area contributed by atoms with Gasteiger partial charge >= 0.3 is 5.97 Å². The number of rotatable bonds is 5. The number of aromatic nitrogens is 2. The molecule has 0 spiro atoms. The largest absolute Gasteiger partial charge is 0.462 e. The van der Waals surface area contributed by atoms with Crippen molar-refractivity contribution in [2.45, 2.75) is 20.8 Å². The fourth-order valence-electron chi connectivity index (χ4n) is 2.63. The normalized spacial score (nSPS) is 10.2. The molecule has 0 atom stereocenters. The van der Waals surface area contributed by atoms with Crippen LogP contribution in [-0.4, -0.2) is 28.3 Å². The van der Waals surface area contributed by atoms with Crippen LogP contribution in [0.1, 0.15) is 40.3 Å². The summed E-state index contributed by atoms with van der Waals surface area (Å²) in [5, 5.41) is 3.94. The third kappa shape index (κ3) is 4.41. The summed E-state index contributed by atoms with van der Waals surface area (Å²) in [7, 11) is 0. The van der Waals surface area contributed by atoms with E-state index in [-0.39, 0.29) is 24.8 Å². The van der Waals surface area contributed by atoms with Crippen molar-refractivity contribution in [1.29, 1.82) is 0 Å². The van der Waals surface area contributed by atoms with Crippen molar-refractivity contribution < 1.29 is 14.3 Å². The predicted molar refractivity (Wildman–Crippen MR) is 107 cm³/mol. The van der Waals surface area contributed by atoms with E-state index in [0.717, 1.165) is 5.69 Å². The van der Waals surface area contributed by atoms with E-state index in [0.29, 0.717) is 33.5 Å². The van der Waals surface area contributed by atoms with Crippen LogP contribution in [0.15, 0.2) is 42.6 Å². The molecular weight excluding hydrogens is 366 g/mol. The van der Waals surface area contributed by atoms with Crippen molar-refractivity contribution in [1.82, 2.24) is 9.97 Å². The molecule has 27 heavy (non-hydrogen) atoms. The molecule has 1 N–H and O–H groups in total. The number of nitrogens with one attached hydrogen (secondary N) is 1. The van der Waals surface area contributed by atoms with E-state index in [1.165, 1.54) is 13.1 Å². The molecule has 0 fully saturated rings. The number of hydrogen-bond acceptors (Lipinski definition) is 6. The average molecular weight is 386 g/mol. The van der Waals surface area contributed by atoms with E-state index in [1.807, 2.05) is 25.1 Å². The number of carbonyl (C=O) groups is 2. The lowest BCUT2D eigenvalue weighted by atomic mass is 10.1. The summed E-state index contributed by atoms with van der Waals surface area (Å²) in [4.78, 5) is 32.7. The van der Waals surface area contributed by atoms with E-state index in [9.17, 15) is 9.59 Å². The number of halogens is 1. The molecule has 0 radical (unpaired) electrons. The van der Waals surface area contributed by atoms with Crippen molar-refractivity contribution in [3.63, 3.8) is 0 Å². The van der Waals surface area contributed by atoms with Crippen molar-refractivity contribution in [3.05, 3.63) is 59.4 Å². The maximum absolute atomic E-state index is 12.4. The van der Waals surface area contributed by atoms with Gasteiger partial charge in [-0.3, -0.25) is 4.79 Å². The Morgan fingerprint density at radius 1 is 1.19 bits per heavy atom. The summed E-state index contributed by atoms with van der Waals surface area (Å²) in [5.74, 6) is -0.496. The number of anilines is 2. The first kappa shape index (κ1) is 20.3. The van der Waals surface area contributed by atoms with E-state index in [1.54, 1.807) is 25.1 Å². The molecule has 0 aliphatic heterocycles. The van der Waals surface area contributed by atoms with Gasteiger partial charge in [-0.15, -0.1) is 12.4 Å². The van der Waals surface area contributed by atoms with E-state index >= 15 is 0 Å². The summed E-state index contributed by atoms with van der Waals surface area (Å²) in [6.45, 7) is 5.41. The molecule has 140 valence electrons. The van der Waals surface area contributed by atoms with Crippen LogP contribution in [0, 0.1) is 6.92 Å². The standard InChI is InChI=1S/C20H19N3O3.ClH/c1-4-26-20(25)17-11-21-19-16(9-8-12(2)22-19)18(17)23-15-7-5-6-14(10-15)13(3)24;/h5-11H,4H2,1-3H3,(H,21,22,23);1H. The lowest BCUT2D eigenvalue weighted by Crippen LogP contribution is -2.10. The molecule has 2 aromatic heterocycles. The topological polar surface area (TPSA) is 81.2 Å². The van der Waals surface area contributed by atoms with Crippen LogP contribution in [0.25, 0.3) is 11.0 Å². The first-order valence-corrected chi connectivity index (χ1v) is 8.31. The number of ketones is 1. The van der Waals surface area contributed by atoms with Crippen LogP contribution in [0.4, 0.5) is 11.4 Å². The maximum Gasteiger partial charge on any atom is 0.341 e. The number of aryl methyl sites for hydroxylation is 1. The zero-order chi connectivity index (χ0) is 18.7. The minimum Gasteiger partial charge on any atom is -0.462 e. The summed E-state index contributed by atoms with van der Waals surface area (Å²) < 4.78 is 5.15. The van der Waals surface area contributed by atoms with Gasteiger partial charge in [0.1, 0.15) is 5.56 Å². The second-order valence-corrected chi connectivity index (χ2v) is 5.85. The fraction of sp³-hybridized carbons (Fsp3) is 0.200. The maximum atomic E-state index is 12.4. The summed E-state index contributed by atoms with van der Waals surface area (Å²) in [6, 6.07) is 10.8. The van der Waals surface area contributed by atoms with Gasteiger partial charge in [-0.05, 0) is 45.0 Å². The van der Waals surface area contributed by atoms with Crippen LogP contribution >= 0.6 is 12.4 Å². The van der Waals surface area contributed by atoms with Gasteiger partial charge in [0.2, 0.25) is 0 Å². The molecule has 0 bridgehead atoms. The number of pyridine rings is 2. The predicted octanol–water partition coefficient (Wildman–Crippen LogP) is 4.48. The quantitative estimate of drug-likeness (QED) is 0.515. The van der Waals surface area contributed by atoms with Gasteiger partial charge in [0.25, 0.3) is 0 Å². The Kier molecular flexibility index (Phi) is 6.47. The van der Waals surface area contributed by atoms with E-state index < -0.39 is 5.97 Å². The number of Topliss-reactive ketones (excluding diaryl/α,β-unsaturated/α-hetero) is 1. The van der Waals surface area contributed by atoms with Crippen LogP contribution in [-0.2, 0) is 4.74 Å². The van der Waals surface area contributed by atoms with Crippen LogP contribution in [0.3, 0.4) is 0 Å². The molecule has 0 unspecified atom stereocenters. The molecule has 3 aromatic rings. The molecule has 0 aliphatic rings. The Hall–Kier alpha value is -2.99.